The first-order valence-corrected chi connectivity index (χ1v) is 11.3. The van der Waals surface area contributed by atoms with Crippen LogP contribution in [0.2, 0.25) is 0 Å². The number of hydrogen-bond acceptors (Lipinski definition) is 4. The summed E-state index contributed by atoms with van der Waals surface area (Å²) in [6.07, 6.45) is -0.264. The standard InChI is InChI=1S/C22H33F3N4O2/c1-21(2,3)17-12-18(22(23,24)25)29-19(26-17)11-16(27-29)14-7-8-28(13-14)20(30)10-15-6-4-5-9-31-15/h11,14-15,17-18,26H,4-10,12-13H2,1-3H3/t14-,15+,17-,18-/m1/s1. The van der Waals surface area contributed by atoms with Gasteiger partial charge in [0.1, 0.15) is 5.82 Å². The molecule has 0 aliphatic carbocycles. The molecule has 3 aliphatic rings. The number of nitrogens with zero attached hydrogens (tertiary/aromatic N) is 3. The van der Waals surface area contributed by atoms with Crippen LogP contribution >= 0.6 is 0 Å². The van der Waals surface area contributed by atoms with Crippen LogP contribution in [-0.2, 0) is 9.53 Å². The highest BCUT2D eigenvalue weighted by Gasteiger charge is 2.48. The normalized spacial score (nSPS) is 29.5. The molecule has 0 bridgehead atoms. The Bertz CT molecular complexity index is 796. The van der Waals surface area contributed by atoms with E-state index in [2.05, 4.69) is 10.4 Å². The topological polar surface area (TPSA) is 59.4 Å². The van der Waals surface area contributed by atoms with Crippen LogP contribution in [0.5, 0.6) is 0 Å². The molecule has 4 heterocycles. The minimum Gasteiger partial charge on any atom is -0.378 e. The number of amides is 1. The molecule has 2 fully saturated rings. The van der Waals surface area contributed by atoms with E-state index in [9.17, 15) is 18.0 Å². The first kappa shape index (κ1) is 22.4. The summed E-state index contributed by atoms with van der Waals surface area (Å²) in [5.41, 5.74) is 0.326. The molecule has 0 aromatic carbocycles. The first-order valence-electron chi connectivity index (χ1n) is 11.3. The molecular formula is C22H33F3N4O2. The summed E-state index contributed by atoms with van der Waals surface area (Å²) in [6.45, 7) is 7.66. The number of halogens is 3. The maximum atomic E-state index is 13.8. The molecule has 1 N–H and O–H groups in total. The molecule has 4 rings (SSSR count). The summed E-state index contributed by atoms with van der Waals surface area (Å²) in [7, 11) is 0. The average Bonchev–Trinajstić information content (AvgIpc) is 3.33. The lowest BCUT2D eigenvalue weighted by molar-refractivity contribution is -0.175. The summed E-state index contributed by atoms with van der Waals surface area (Å²) >= 11 is 0. The van der Waals surface area contributed by atoms with Gasteiger partial charge in [-0.05, 0) is 37.5 Å². The highest BCUT2D eigenvalue weighted by Crippen LogP contribution is 2.44. The Hall–Kier alpha value is -1.77. The molecule has 2 saturated heterocycles. The van der Waals surface area contributed by atoms with Crippen LogP contribution in [0.4, 0.5) is 19.0 Å². The van der Waals surface area contributed by atoms with Crippen molar-refractivity contribution in [2.45, 2.75) is 89.6 Å². The van der Waals surface area contributed by atoms with E-state index in [4.69, 9.17) is 4.74 Å². The third-order valence-electron chi connectivity index (χ3n) is 6.89. The summed E-state index contributed by atoms with van der Waals surface area (Å²) < 4.78 is 48.2. The van der Waals surface area contributed by atoms with Gasteiger partial charge in [-0.15, -0.1) is 0 Å². The van der Waals surface area contributed by atoms with E-state index in [1.165, 1.54) is 0 Å². The summed E-state index contributed by atoms with van der Waals surface area (Å²) in [5, 5.41) is 7.65. The minimum absolute atomic E-state index is 0.00806. The molecule has 9 heteroatoms. The van der Waals surface area contributed by atoms with Crippen molar-refractivity contribution in [3.8, 4) is 0 Å². The van der Waals surface area contributed by atoms with Gasteiger partial charge >= 0.3 is 6.18 Å². The average molecular weight is 443 g/mol. The number of fused-ring (bicyclic) bond motifs is 1. The summed E-state index contributed by atoms with van der Waals surface area (Å²) in [5.74, 6) is 0.444. The largest absolute Gasteiger partial charge is 0.410 e. The fourth-order valence-corrected chi connectivity index (χ4v) is 4.88. The lowest BCUT2D eigenvalue weighted by Gasteiger charge is -2.39. The Balaban J connectivity index is 1.47. The quantitative estimate of drug-likeness (QED) is 0.749. The van der Waals surface area contributed by atoms with Gasteiger partial charge in [-0.25, -0.2) is 4.68 Å². The predicted molar refractivity (Wildman–Crippen MR) is 111 cm³/mol. The van der Waals surface area contributed by atoms with Gasteiger partial charge in [0.25, 0.3) is 0 Å². The highest BCUT2D eigenvalue weighted by atomic mass is 19.4. The molecule has 0 radical (unpaired) electrons. The van der Waals surface area contributed by atoms with Crippen LogP contribution in [0.1, 0.15) is 76.9 Å². The first-order chi connectivity index (χ1) is 14.5. The van der Waals surface area contributed by atoms with E-state index in [1.807, 2.05) is 25.7 Å². The third-order valence-corrected chi connectivity index (χ3v) is 6.89. The number of ether oxygens (including phenoxy) is 1. The number of nitrogens with one attached hydrogen (secondary N) is 1. The van der Waals surface area contributed by atoms with Crippen LogP contribution in [0, 0.1) is 5.41 Å². The van der Waals surface area contributed by atoms with Crippen LogP contribution in [0.25, 0.3) is 0 Å². The number of carbonyl (C=O) groups excluding carboxylic acids is 1. The van der Waals surface area contributed by atoms with Gasteiger partial charge in [-0.2, -0.15) is 18.3 Å². The van der Waals surface area contributed by atoms with Crippen molar-refractivity contribution in [2.24, 2.45) is 5.41 Å². The third kappa shape index (κ3) is 4.86. The van der Waals surface area contributed by atoms with Gasteiger partial charge in [0.05, 0.1) is 18.2 Å². The predicted octanol–water partition coefficient (Wildman–Crippen LogP) is 4.49. The summed E-state index contributed by atoms with van der Waals surface area (Å²) in [4.78, 5) is 14.5. The fourth-order valence-electron chi connectivity index (χ4n) is 4.88. The monoisotopic (exact) mass is 442 g/mol. The fraction of sp³-hybridized carbons (Fsp3) is 0.818. The highest BCUT2D eigenvalue weighted by molar-refractivity contribution is 5.77. The molecule has 4 atom stereocenters. The van der Waals surface area contributed by atoms with Crippen LogP contribution < -0.4 is 5.32 Å². The Morgan fingerprint density at radius 3 is 2.68 bits per heavy atom. The Morgan fingerprint density at radius 2 is 2.03 bits per heavy atom. The van der Waals surface area contributed by atoms with Gasteiger partial charge in [0.15, 0.2) is 6.04 Å². The van der Waals surface area contributed by atoms with Gasteiger partial charge in [0.2, 0.25) is 5.91 Å². The van der Waals surface area contributed by atoms with Gasteiger partial charge in [0, 0.05) is 37.7 Å². The smallest absolute Gasteiger partial charge is 0.378 e. The van der Waals surface area contributed by atoms with E-state index in [0.29, 0.717) is 44.0 Å². The molecule has 0 saturated carbocycles. The molecule has 1 amide bonds. The molecule has 6 nitrogen and oxygen atoms in total. The molecule has 3 aliphatic heterocycles. The van der Waals surface area contributed by atoms with Crippen LogP contribution in [-0.4, -0.2) is 58.6 Å². The second kappa shape index (κ2) is 8.30. The number of anilines is 1. The van der Waals surface area contributed by atoms with Crippen molar-refractivity contribution in [2.75, 3.05) is 25.0 Å². The van der Waals surface area contributed by atoms with Crippen molar-refractivity contribution in [3.05, 3.63) is 11.8 Å². The molecule has 174 valence electrons. The van der Waals surface area contributed by atoms with E-state index >= 15 is 0 Å². The van der Waals surface area contributed by atoms with Gasteiger partial charge in [-0.3, -0.25) is 4.79 Å². The Labute approximate surface area is 181 Å². The lowest BCUT2D eigenvalue weighted by Crippen LogP contribution is -2.44. The molecule has 31 heavy (non-hydrogen) atoms. The van der Waals surface area contributed by atoms with Crippen molar-refractivity contribution in [1.29, 1.82) is 0 Å². The van der Waals surface area contributed by atoms with E-state index < -0.39 is 12.2 Å². The molecule has 0 spiro atoms. The molecular weight excluding hydrogens is 409 g/mol. The Morgan fingerprint density at radius 1 is 1.26 bits per heavy atom. The van der Waals surface area contributed by atoms with Crippen molar-refractivity contribution in [1.82, 2.24) is 14.7 Å². The number of carbonyl (C=O) groups is 1. The van der Waals surface area contributed by atoms with Crippen LogP contribution in [0.15, 0.2) is 6.07 Å². The Kier molecular flexibility index (Phi) is 6.00. The number of aromatic nitrogens is 2. The van der Waals surface area contributed by atoms with E-state index in [0.717, 1.165) is 23.9 Å². The van der Waals surface area contributed by atoms with Gasteiger partial charge in [-0.1, -0.05) is 20.8 Å². The zero-order valence-corrected chi connectivity index (χ0v) is 18.5. The lowest BCUT2D eigenvalue weighted by atomic mass is 9.82. The van der Waals surface area contributed by atoms with Crippen molar-refractivity contribution >= 4 is 11.7 Å². The maximum Gasteiger partial charge on any atom is 0.410 e. The molecule has 1 aromatic heterocycles. The minimum atomic E-state index is -4.36. The number of likely N-dealkylation sites (tertiary alicyclic amines) is 1. The second-order valence-corrected chi connectivity index (χ2v) is 10.3. The second-order valence-electron chi connectivity index (χ2n) is 10.3. The molecule has 1 aromatic rings. The number of alkyl halides is 3. The maximum absolute atomic E-state index is 13.8. The van der Waals surface area contributed by atoms with Crippen LogP contribution in [0.3, 0.4) is 0 Å². The zero-order valence-electron chi connectivity index (χ0n) is 18.5. The van der Waals surface area contributed by atoms with E-state index in [1.54, 1.807) is 6.07 Å². The van der Waals surface area contributed by atoms with Crippen molar-refractivity contribution in [3.63, 3.8) is 0 Å². The zero-order chi connectivity index (χ0) is 22.4. The number of hydrogen-bond donors (Lipinski definition) is 1. The SMILES string of the molecule is CC(C)(C)[C@H]1C[C@H](C(F)(F)F)n2nc([C@@H]3CCN(C(=O)C[C@@H]4CCCCO4)C3)cc2N1. The van der Waals surface area contributed by atoms with Crippen molar-refractivity contribution < 1.29 is 22.7 Å². The van der Waals surface area contributed by atoms with E-state index in [-0.39, 0.29) is 35.8 Å². The molecule has 0 unspecified atom stereocenters. The summed E-state index contributed by atoms with van der Waals surface area (Å²) in [6, 6.07) is -0.183. The number of rotatable bonds is 3. The van der Waals surface area contributed by atoms with Gasteiger partial charge < -0.3 is 15.0 Å².